The smallest absolute Gasteiger partial charge is 0.314 e. The first-order valence-electron chi connectivity index (χ1n) is 14.7. The van der Waals surface area contributed by atoms with E-state index in [1.165, 1.54) is 88.2 Å². The lowest BCUT2D eigenvalue weighted by atomic mass is 10.0. The van der Waals surface area contributed by atoms with Crippen LogP contribution in [0, 0.1) is 0 Å². The van der Waals surface area contributed by atoms with Crippen LogP contribution >= 0.6 is 0 Å². The summed E-state index contributed by atoms with van der Waals surface area (Å²) in [5, 5.41) is 0. The molecule has 4 heteroatoms. The minimum absolute atomic E-state index is 0.0387. The molecule has 0 radical (unpaired) electrons. The fraction of sp³-hybridized carbons (Fsp3) is 0.606. The Kier molecular flexibility index (Phi) is 15.7. The largest absolute Gasteiger partial charge is 0.457 e. The fourth-order valence-electron chi connectivity index (χ4n) is 4.71. The molecular formula is C33H52NO3+. The van der Waals surface area contributed by atoms with E-state index in [9.17, 15) is 4.79 Å². The number of carbonyl (C=O) groups is 1. The van der Waals surface area contributed by atoms with Crippen LogP contribution in [-0.2, 0) is 22.5 Å². The molecule has 2 rings (SSSR count). The molecule has 206 valence electrons. The number of benzene rings is 2. The van der Waals surface area contributed by atoms with Crippen LogP contribution in [0.15, 0.2) is 54.6 Å². The first-order valence-corrected chi connectivity index (χ1v) is 14.7. The quantitative estimate of drug-likeness (QED) is 0.0731. The summed E-state index contributed by atoms with van der Waals surface area (Å²) in [5.74, 6) is 0.522. The number of carbonyl (C=O) groups excluding carboxylic acids is 1. The molecular weight excluding hydrogens is 458 g/mol. The first-order chi connectivity index (χ1) is 18.0. The van der Waals surface area contributed by atoms with E-state index < -0.39 is 0 Å². The van der Waals surface area contributed by atoms with Gasteiger partial charge < -0.3 is 14.0 Å². The minimum Gasteiger partial charge on any atom is -0.457 e. The van der Waals surface area contributed by atoms with Crippen molar-refractivity contribution in [2.75, 3.05) is 27.4 Å². The highest BCUT2D eigenvalue weighted by Gasteiger charge is 2.18. The van der Waals surface area contributed by atoms with Crippen LogP contribution in [0.1, 0.15) is 102 Å². The SMILES string of the molecule is CCCCCCCCCCCCCCc1ccc(OCOC(=O)CC[N+](C)(C)Cc2ccccc2)cc1. The molecule has 0 bridgehead atoms. The van der Waals surface area contributed by atoms with Crippen molar-refractivity contribution in [3.63, 3.8) is 0 Å². The Morgan fingerprint density at radius 1 is 0.703 bits per heavy atom. The Balaban J connectivity index is 1.48. The summed E-state index contributed by atoms with van der Waals surface area (Å²) < 4.78 is 11.7. The molecule has 0 unspecified atom stereocenters. The van der Waals surface area contributed by atoms with Crippen molar-refractivity contribution in [3.8, 4) is 5.75 Å². The molecule has 0 saturated carbocycles. The summed E-state index contributed by atoms with van der Waals surface area (Å²) in [6, 6.07) is 18.6. The molecule has 0 saturated heterocycles. The third kappa shape index (κ3) is 15.5. The van der Waals surface area contributed by atoms with Gasteiger partial charge in [-0.25, -0.2) is 0 Å². The maximum absolute atomic E-state index is 12.2. The van der Waals surface area contributed by atoms with Crippen LogP contribution in [0.2, 0.25) is 0 Å². The number of unbranched alkanes of at least 4 members (excludes halogenated alkanes) is 11. The van der Waals surface area contributed by atoms with Crippen LogP contribution in [-0.4, -0.2) is 37.9 Å². The van der Waals surface area contributed by atoms with E-state index in [0.29, 0.717) is 6.42 Å². The topological polar surface area (TPSA) is 35.5 Å². The Morgan fingerprint density at radius 3 is 1.86 bits per heavy atom. The van der Waals surface area contributed by atoms with Gasteiger partial charge in [-0.3, -0.25) is 4.79 Å². The second-order valence-electron chi connectivity index (χ2n) is 11.1. The molecule has 0 aliphatic carbocycles. The number of hydrogen-bond donors (Lipinski definition) is 0. The molecule has 0 N–H and O–H groups in total. The van der Waals surface area contributed by atoms with Crippen molar-refractivity contribution in [3.05, 3.63) is 65.7 Å². The second-order valence-corrected chi connectivity index (χ2v) is 11.1. The van der Waals surface area contributed by atoms with Crippen LogP contribution in [0.4, 0.5) is 0 Å². The van der Waals surface area contributed by atoms with Gasteiger partial charge >= 0.3 is 5.97 Å². The van der Waals surface area contributed by atoms with Gasteiger partial charge in [-0.1, -0.05) is 120 Å². The van der Waals surface area contributed by atoms with E-state index in [2.05, 4.69) is 45.3 Å². The highest BCUT2D eigenvalue weighted by atomic mass is 16.7. The Hall–Kier alpha value is -2.33. The lowest BCUT2D eigenvalue weighted by Gasteiger charge is -2.29. The van der Waals surface area contributed by atoms with Gasteiger partial charge in [0.2, 0.25) is 6.79 Å². The fourth-order valence-corrected chi connectivity index (χ4v) is 4.71. The molecule has 0 heterocycles. The summed E-state index contributed by atoms with van der Waals surface area (Å²) in [7, 11) is 4.27. The van der Waals surface area contributed by atoms with Crippen LogP contribution < -0.4 is 4.74 Å². The van der Waals surface area contributed by atoms with Crippen LogP contribution in [0.25, 0.3) is 0 Å². The molecule has 0 aliphatic heterocycles. The summed E-state index contributed by atoms with van der Waals surface area (Å²) in [4.78, 5) is 12.2. The second kappa shape index (κ2) is 18.8. The van der Waals surface area contributed by atoms with Gasteiger partial charge in [0, 0.05) is 5.56 Å². The third-order valence-electron chi connectivity index (χ3n) is 7.06. The molecule has 0 atom stereocenters. The monoisotopic (exact) mass is 510 g/mol. The standard InChI is InChI=1S/C33H52NO3/c1-4-5-6-7-8-9-10-11-12-13-14-16-19-30-22-24-32(25-23-30)36-29-37-33(35)26-27-34(2,3)28-31-20-17-15-18-21-31/h15,17-18,20-25H,4-14,16,19,26-29H2,1-3H3/q+1. The van der Waals surface area contributed by atoms with E-state index >= 15 is 0 Å². The van der Waals surface area contributed by atoms with Gasteiger partial charge in [0.15, 0.2) is 0 Å². The number of aryl methyl sites for hydroxylation is 1. The van der Waals surface area contributed by atoms with E-state index in [-0.39, 0.29) is 12.8 Å². The molecule has 37 heavy (non-hydrogen) atoms. The number of ether oxygens (including phenoxy) is 2. The van der Waals surface area contributed by atoms with Crippen LogP contribution in [0.5, 0.6) is 5.75 Å². The highest BCUT2D eigenvalue weighted by Crippen LogP contribution is 2.16. The normalized spacial score (nSPS) is 11.4. The van der Waals surface area contributed by atoms with Crippen molar-refractivity contribution >= 4 is 5.97 Å². The molecule has 0 amide bonds. The van der Waals surface area contributed by atoms with Gasteiger partial charge in [0.05, 0.1) is 27.1 Å². The third-order valence-corrected chi connectivity index (χ3v) is 7.06. The average Bonchev–Trinajstić information content (AvgIpc) is 2.89. The number of esters is 1. The Bertz CT molecular complexity index is 832. The number of rotatable bonds is 21. The molecule has 0 aromatic heterocycles. The predicted octanol–water partition coefficient (Wildman–Crippen LogP) is 8.48. The first kappa shape index (κ1) is 30.9. The summed E-state index contributed by atoms with van der Waals surface area (Å²) in [6.45, 7) is 3.85. The molecule has 2 aromatic carbocycles. The zero-order chi connectivity index (χ0) is 26.6. The number of quaternary nitrogens is 1. The van der Waals surface area contributed by atoms with Gasteiger partial charge in [-0.05, 0) is 30.5 Å². The van der Waals surface area contributed by atoms with Gasteiger partial charge in [0.25, 0.3) is 0 Å². The van der Waals surface area contributed by atoms with E-state index in [1.54, 1.807) is 0 Å². The van der Waals surface area contributed by atoms with Crippen LogP contribution in [0.3, 0.4) is 0 Å². The van der Waals surface area contributed by atoms with E-state index in [1.807, 2.05) is 30.3 Å². The Labute approximate surface area is 227 Å². The highest BCUT2D eigenvalue weighted by molar-refractivity contribution is 5.69. The van der Waals surface area contributed by atoms with Crippen molar-refractivity contribution < 1.29 is 18.8 Å². The van der Waals surface area contributed by atoms with Gasteiger partial charge in [-0.15, -0.1) is 0 Å². The molecule has 4 nitrogen and oxygen atoms in total. The average molecular weight is 511 g/mol. The van der Waals surface area contributed by atoms with E-state index in [0.717, 1.165) is 29.7 Å². The number of hydrogen-bond acceptors (Lipinski definition) is 3. The molecule has 0 aliphatic rings. The van der Waals surface area contributed by atoms with Crippen molar-refractivity contribution in [2.45, 2.75) is 103 Å². The van der Waals surface area contributed by atoms with E-state index in [4.69, 9.17) is 9.47 Å². The Morgan fingerprint density at radius 2 is 1.27 bits per heavy atom. The maximum atomic E-state index is 12.2. The molecule has 0 spiro atoms. The van der Waals surface area contributed by atoms with Crippen molar-refractivity contribution in [1.82, 2.24) is 0 Å². The summed E-state index contributed by atoms with van der Waals surface area (Å²) in [5.41, 5.74) is 2.61. The summed E-state index contributed by atoms with van der Waals surface area (Å²) >= 11 is 0. The van der Waals surface area contributed by atoms with Crippen molar-refractivity contribution in [2.24, 2.45) is 0 Å². The lowest BCUT2D eigenvalue weighted by Crippen LogP contribution is -2.40. The molecule has 2 aromatic rings. The summed E-state index contributed by atoms with van der Waals surface area (Å²) in [6.07, 6.45) is 18.0. The van der Waals surface area contributed by atoms with Crippen molar-refractivity contribution in [1.29, 1.82) is 0 Å². The zero-order valence-corrected chi connectivity index (χ0v) is 23.9. The minimum atomic E-state index is -0.220. The predicted molar refractivity (Wildman–Crippen MR) is 155 cm³/mol. The lowest BCUT2D eigenvalue weighted by molar-refractivity contribution is -0.903. The maximum Gasteiger partial charge on any atom is 0.314 e. The number of nitrogens with zero attached hydrogens (tertiary/aromatic N) is 1. The zero-order valence-electron chi connectivity index (χ0n) is 23.9. The van der Waals surface area contributed by atoms with Gasteiger partial charge in [0.1, 0.15) is 12.3 Å². The van der Waals surface area contributed by atoms with Gasteiger partial charge in [-0.2, -0.15) is 0 Å². The molecule has 0 fully saturated rings.